The van der Waals surface area contributed by atoms with Crippen molar-refractivity contribution in [3.05, 3.63) is 60.2 Å². The number of nitrogens with two attached hydrogens (primary N) is 1. The Hall–Kier alpha value is -1.45. The maximum absolute atomic E-state index is 6.11. The van der Waals surface area contributed by atoms with Gasteiger partial charge in [0.2, 0.25) is 0 Å². The monoisotopic (exact) mass is 287 g/mol. The molecule has 0 aliphatic rings. The minimum Gasteiger partial charge on any atom is -0.492 e. The summed E-state index contributed by atoms with van der Waals surface area (Å²) in [6, 6.07) is 18.5. The van der Waals surface area contributed by atoms with Crippen LogP contribution < -0.4 is 10.5 Å². The van der Waals surface area contributed by atoms with Gasteiger partial charge in [-0.3, -0.25) is 0 Å². The molecule has 0 aromatic heterocycles. The highest BCUT2D eigenvalue weighted by molar-refractivity contribution is 7.99. The van der Waals surface area contributed by atoms with Gasteiger partial charge in [-0.25, -0.2) is 0 Å². The minimum absolute atomic E-state index is 0.0491. The van der Waals surface area contributed by atoms with E-state index < -0.39 is 0 Å². The molecule has 0 spiro atoms. The van der Waals surface area contributed by atoms with Crippen molar-refractivity contribution in [1.82, 2.24) is 0 Å². The van der Waals surface area contributed by atoms with Crippen molar-refractivity contribution in [3.8, 4) is 5.75 Å². The highest BCUT2D eigenvalue weighted by atomic mass is 32.2. The average molecular weight is 287 g/mol. The van der Waals surface area contributed by atoms with E-state index in [1.807, 2.05) is 30.3 Å². The number of hydrogen-bond donors (Lipinski definition) is 1. The van der Waals surface area contributed by atoms with Gasteiger partial charge in [-0.05, 0) is 24.6 Å². The Morgan fingerprint density at radius 3 is 2.50 bits per heavy atom. The fourth-order valence-electron chi connectivity index (χ4n) is 1.97. The van der Waals surface area contributed by atoms with Crippen LogP contribution in [0.4, 0.5) is 0 Å². The zero-order valence-electron chi connectivity index (χ0n) is 11.8. The van der Waals surface area contributed by atoms with Gasteiger partial charge in [-0.15, -0.1) is 11.8 Å². The van der Waals surface area contributed by atoms with Crippen LogP contribution in [-0.4, -0.2) is 12.4 Å². The largest absolute Gasteiger partial charge is 0.492 e. The summed E-state index contributed by atoms with van der Waals surface area (Å²) in [5.74, 6) is 1.84. The van der Waals surface area contributed by atoms with Gasteiger partial charge in [0.05, 0.1) is 6.61 Å². The molecule has 1 atom stereocenters. The molecule has 1 unspecified atom stereocenters. The smallest absolute Gasteiger partial charge is 0.124 e. The lowest BCUT2D eigenvalue weighted by atomic mass is 10.0. The van der Waals surface area contributed by atoms with Crippen LogP contribution in [0.1, 0.15) is 24.9 Å². The summed E-state index contributed by atoms with van der Waals surface area (Å²) in [7, 11) is 0. The van der Waals surface area contributed by atoms with Crippen molar-refractivity contribution in [1.29, 1.82) is 0 Å². The molecule has 3 heteroatoms. The molecule has 2 aromatic carbocycles. The molecule has 0 aliphatic carbocycles. The summed E-state index contributed by atoms with van der Waals surface area (Å²) in [6.45, 7) is 2.78. The van der Waals surface area contributed by atoms with Gasteiger partial charge in [0.15, 0.2) is 0 Å². The molecule has 0 aliphatic heterocycles. The lowest BCUT2D eigenvalue weighted by Gasteiger charge is -2.15. The first kappa shape index (κ1) is 14.9. The quantitative estimate of drug-likeness (QED) is 0.610. The van der Waals surface area contributed by atoms with Crippen LogP contribution in [0.2, 0.25) is 0 Å². The Kier molecular flexibility index (Phi) is 5.96. The third-order valence-corrected chi connectivity index (χ3v) is 4.09. The predicted molar refractivity (Wildman–Crippen MR) is 86.3 cm³/mol. The van der Waals surface area contributed by atoms with Gasteiger partial charge in [0.1, 0.15) is 5.75 Å². The second kappa shape index (κ2) is 7.98. The molecule has 0 saturated heterocycles. The van der Waals surface area contributed by atoms with E-state index in [0.29, 0.717) is 6.61 Å². The normalized spacial score (nSPS) is 12.1. The van der Waals surface area contributed by atoms with Crippen LogP contribution in [-0.2, 0) is 0 Å². The molecular formula is C17H21NOS. The molecule has 0 radical (unpaired) electrons. The standard InChI is InChI=1S/C17H21NOS/c1-2-16(18)15-10-6-7-11-17(15)19-12-13-20-14-8-4-3-5-9-14/h3-11,16H,2,12-13,18H2,1H3. The molecule has 0 amide bonds. The molecule has 0 fully saturated rings. The maximum atomic E-state index is 6.11. The average Bonchev–Trinajstić information content (AvgIpc) is 2.52. The molecule has 0 bridgehead atoms. The fourth-order valence-corrected chi connectivity index (χ4v) is 2.72. The van der Waals surface area contributed by atoms with Crippen molar-refractivity contribution in [2.75, 3.05) is 12.4 Å². The summed E-state index contributed by atoms with van der Waals surface area (Å²) in [5.41, 5.74) is 7.20. The third-order valence-electron chi connectivity index (χ3n) is 3.11. The predicted octanol–water partition coefficient (Wildman–Crippen LogP) is 4.27. The van der Waals surface area contributed by atoms with Crippen molar-refractivity contribution in [2.24, 2.45) is 5.73 Å². The van der Waals surface area contributed by atoms with E-state index in [0.717, 1.165) is 23.5 Å². The number of thioether (sulfide) groups is 1. The van der Waals surface area contributed by atoms with Crippen LogP contribution in [0.15, 0.2) is 59.5 Å². The number of rotatable bonds is 7. The minimum atomic E-state index is 0.0491. The number of para-hydroxylation sites is 1. The molecule has 20 heavy (non-hydrogen) atoms. The van der Waals surface area contributed by atoms with Crippen molar-refractivity contribution in [3.63, 3.8) is 0 Å². The number of benzene rings is 2. The first-order valence-corrected chi connectivity index (χ1v) is 7.95. The van der Waals surface area contributed by atoms with Crippen molar-refractivity contribution in [2.45, 2.75) is 24.3 Å². The Labute approximate surface area is 125 Å². The zero-order chi connectivity index (χ0) is 14.2. The lowest BCUT2D eigenvalue weighted by Crippen LogP contribution is -2.11. The second-order valence-electron chi connectivity index (χ2n) is 4.56. The summed E-state index contributed by atoms with van der Waals surface area (Å²) in [4.78, 5) is 1.27. The summed E-state index contributed by atoms with van der Waals surface area (Å²) < 4.78 is 5.88. The zero-order valence-corrected chi connectivity index (χ0v) is 12.6. The van der Waals surface area contributed by atoms with E-state index in [2.05, 4.69) is 31.2 Å². The summed E-state index contributed by atoms with van der Waals surface area (Å²) in [5, 5.41) is 0. The SMILES string of the molecule is CCC(N)c1ccccc1OCCSc1ccccc1. The molecule has 0 saturated carbocycles. The van der Waals surface area contributed by atoms with Gasteiger partial charge >= 0.3 is 0 Å². The van der Waals surface area contributed by atoms with Crippen LogP contribution >= 0.6 is 11.8 Å². The number of ether oxygens (including phenoxy) is 1. The molecular weight excluding hydrogens is 266 g/mol. The lowest BCUT2D eigenvalue weighted by molar-refractivity contribution is 0.337. The van der Waals surface area contributed by atoms with Gasteiger partial charge in [0, 0.05) is 22.3 Å². The maximum Gasteiger partial charge on any atom is 0.124 e. The van der Waals surface area contributed by atoms with E-state index in [9.17, 15) is 0 Å². The highest BCUT2D eigenvalue weighted by Gasteiger charge is 2.09. The molecule has 2 rings (SSSR count). The number of hydrogen-bond acceptors (Lipinski definition) is 3. The summed E-state index contributed by atoms with van der Waals surface area (Å²) in [6.07, 6.45) is 0.916. The van der Waals surface area contributed by atoms with Crippen LogP contribution in [0.5, 0.6) is 5.75 Å². The third kappa shape index (κ3) is 4.29. The van der Waals surface area contributed by atoms with Crippen molar-refractivity contribution < 1.29 is 4.74 Å². The second-order valence-corrected chi connectivity index (χ2v) is 5.73. The van der Waals surface area contributed by atoms with Crippen LogP contribution in [0, 0.1) is 0 Å². The van der Waals surface area contributed by atoms with Gasteiger partial charge in [0.25, 0.3) is 0 Å². The van der Waals surface area contributed by atoms with E-state index in [-0.39, 0.29) is 6.04 Å². The Morgan fingerprint density at radius 2 is 1.75 bits per heavy atom. The first-order chi connectivity index (χ1) is 9.81. The molecule has 0 heterocycles. The molecule has 2 nitrogen and oxygen atoms in total. The fraction of sp³-hybridized carbons (Fsp3) is 0.294. The van der Waals surface area contributed by atoms with Crippen LogP contribution in [0.25, 0.3) is 0 Å². The van der Waals surface area contributed by atoms with E-state index in [4.69, 9.17) is 10.5 Å². The molecule has 2 aromatic rings. The highest BCUT2D eigenvalue weighted by Crippen LogP contribution is 2.26. The Morgan fingerprint density at radius 1 is 1.05 bits per heavy atom. The van der Waals surface area contributed by atoms with Gasteiger partial charge in [-0.2, -0.15) is 0 Å². The first-order valence-electron chi connectivity index (χ1n) is 6.96. The van der Waals surface area contributed by atoms with Crippen molar-refractivity contribution >= 4 is 11.8 Å². The van der Waals surface area contributed by atoms with Gasteiger partial charge in [-0.1, -0.05) is 43.3 Å². The Bertz CT molecular complexity index is 515. The Balaban J connectivity index is 1.85. The van der Waals surface area contributed by atoms with E-state index >= 15 is 0 Å². The van der Waals surface area contributed by atoms with Gasteiger partial charge < -0.3 is 10.5 Å². The topological polar surface area (TPSA) is 35.2 Å². The molecule has 2 N–H and O–H groups in total. The van der Waals surface area contributed by atoms with E-state index in [1.165, 1.54) is 4.90 Å². The molecule has 106 valence electrons. The van der Waals surface area contributed by atoms with Crippen LogP contribution in [0.3, 0.4) is 0 Å². The summed E-state index contributed by atoms with van der Waals surface area (Å²) >= 11 is 1.80. The van der Waals surface area contributed by atoms with E-state index in [1.54, 1.807) is 11.8 Å².